The van der Waals surface area contributed by atoms with Crippen LogP contribution in [0.4, 0.5) is 0 Å². The Morgan fingerprint density at radius 1 is 0.375 bits per heavy atom. The van der Waals surface area contributed by atoms with Crippen molar-refractivity contribution in [2.24, 2.45) is 0 Å². The molecule has 9 nitrogen and oxygen atoms in total. The first-order valence-corrected chi connectivity index (χ1v) is 34.3. The highest BCUT2D eigenvalue weighted by Crippen LogP contribution is 2.18. The van der Waals surface area contributed by atoms with E-state index < -0.39 is 24.3 Å². The van der Waals surface area contributed by atoms with Gasteiger partial charge in [-0.3, -0.25) is 9.59 Å². The smallest absolute Gasteiger partial charge is 0.306 e. The summed E-state index contributed by atoms with van der Waals surface area (Å²) in [4.78, 5) is 37.4. The highest BCUT2D eigenvalue weighted by Gasteiger charge is 2.22. The molecule has 9 heteroatoms. The number of carboxylic acids is 1. The van der Waals surface area contributed by atoms with Crippen molar-refractivity contribution in [3.63, 3.8) is 0 Å². The van der Waals surface area contributed by atoms with Gasteiger partial charge in [-0.15, -0.1) is 0 Å². The highest BCUT2D eigenvalue weighted by molar-refractivity contribution is 5.70. The van der Waals surface area contributed by atoms with Crippen molar-refractivity contribution in [3.05, 3.63) is 48.6 Å². The number of aliphatic carboxylic acids is 1. The Labute approximate surface area is 495 Å². The summed E-state index contributed by atoms with van der Waals surface area (Å²) in [6, 6.07) is 0. The van der Waals surface area contributed by atoms with Crippen LogP contribution < -0.4 is 5.11 Å². The van der Waals surface area contributed by atoms with Crippen LogP contribution in [0.5, 0.6) is 0 Å². The minimum atomic E-state index is -1.62. The molecule has 0 rings (SSSR count). The zero-order valence-corrected chi connectivity index (χ0v) is 53.5. The summed E-state index contributed by atoms with van der Waals surface area (Å²) < 4.78 is 22.8. The number of quaternary nitrogens is 1. The predicted molar refractivity (Wildman–Crippen MR) is 339 cm³/mol. The minimum Gasteiger partial charge on any atom is -0.545 e. The molecule has 0 heterocycles. The lowest BCUT2D eigenvalue weighted by Crippen LogP contribution is -2.44. The van der Waals surface area contributed by atoms with Gasteiger partial charge < -0.3 is 33.3 Å². The Morgan fingerprint density at radius 3 is 1.01 bits per heavy atom. The molecule has 0 saturated carbocycles. The van der Waals surface area contributed by atoms with E-state index in [1.807, 2.05) is 21.1 Å². The van der Waals surface area contributed by atoms with Gasteiger partial charge in [0.05, 0.1) is 40.3 Å². The summed E-state index contributed by atoms with van der Waals surface area (Å²) in [6.07, 6.45) is 76.3. The number of nitrogens with zero attached hydrogens (tertiary/aromatic N) is 1. The number of hydrogen-bond acceptors (Lipinski definition) is 8. The SMILES string of the molecule is CCCCCCC/C=C\C/C=C\C/C=C\CCCCCCCCCCCCCCCCCCCCCCCCC(=O)OC(COC(=O)CCCCCCCCC/C=C\CCCCCCCCC)COC(OCC[N+](C)(C)C)C(=O)[O-]. The summed E-state index contributed by atoms with van der Waals surface area (Å²) in [7, 11) is 5.93. The molecule has 0 fully saturated rings. The maximum absolute atomic E-state index is 12.9. The van der Waals surface area contributed by atoms with E-state index in [1.54, 1.807) is 0 Å². The molecule has 0 aromatic rings. The average Bonchev–Trinajstić information content (AvgIpc) is 3.43. The van der Waals surface area contributed by atoms with E-state index in [0.29, 0.717) is 17.4 Å². The van der Waals surface area contributed by atoms with Crippen molar-refractivity contribution in [1.82, 2.24) is 0 Å². The fraction of sp³-hybridized carbons (Fsp3) is 0.845. The minimum absolute atomic E-state index is 0.149. The van der Waals surface area contributed by atoms with E-state index in [-0.39, 0.29) is 38.6 Å². The van der Waals surface area contributed by atoms with E-state index in [2.05, 4.69) is 62.5 Å². The molecule has 0 aromatic heterocycles. The summed E-state index contributed by atoms with van der Waals surface area (Å²) in [5.41, 5.74) is 0. The van der Waals surface area contributed by atoms with Crippen molar-refractivity contribution in [1.29, 1.82) is 0 Å². The van der Waals surface area contributed by atoms with Crippen LogP contribution in [-0.2, 0) is 33.3 Å². The standard InChI is InChI=1S/C71H131NO8/c1-6-8-10-12-14-16-18-20-22-24-26-27-28-29-30-31-32-33-34-35-36-37-38-39-40-41-42-43-44-46-48-50-52-54-56-58-60-62-69(74)80-67(66-79-71(70(75)76)77-64-63-72(3,4)5)65-78-68(73)61-59-57-55-53-51-49-47-45-25-23-21-19-17-15-13-11-9-7-2/h18,20,23-26,28-29,67,71H,6-17,19,21-22,27,30-66H2,1-5H3/b20-18-,25-23-,26-24-,29-28-. The fourth-order valence-electron chi connectivity index (χ4n) is 10.0. The van der Waals surface area contributed by atoms with Crippen molar-refractivity contribution in [2.75, 3.05) is 47.5 Å². The summed E-state index contributed by atoms with van der Waals surface area (Å²) in [5, 5.41) is 11.8. The van der Waals surface area contributed by atoms with Crippen LogP contribution >= 0.6 is 0 Å². The van der Waals surface area contributed by atoms with E-state index in [0.717, 1.165) is 44.9 Å². The van der Waals surface area contributed by atoms with Crippen LogP contribution in [0.1, 0.15) is 328 Å². The Morgan fingerprint density at radius 2 is 0.675 bits per heavy atom. The highest BCUT2D eigenvalue weighted by atomic mass is 16.7. The third kappa shape index (κ3) is 62.8. The molecule has 0 amide bonds. The van der Waals surface area contributed by atoms with Crippen molar-refractivity contribution >= 4 is 17.9 Å². The fourth-order valence-corrected chi connectivity index (χ4v) is 10.0. The number of carboxylic acid groups (broad SMARTS) is 1. The summed E-state index contributed by atoms with van der Waals surface area (Å²) in [5.74, 6) is -2.27. The van der Waals surface area contributed by atoms with Gasteiger partial charge in [-0.25, -0.2) is 0 Å². The lowest BCUT2D eigenvalue weighted by Gasteiger charge is -2.26. The van der Waals surface area contributed by atoms with Gasteiger partial charge in [0.15, 0.2) is 12.4 Å². The Balaban J connectivity index is 4.01. The number of hydrogen-bond donors (Lipinski definition) is 0. The van der Waals surface area contributed by atoms with E-state index >= 15 is 0 Å². The molecule has 2 unspecified atom stereocenters. The normalized spacial score (nSPS) is 13.0. The van der Waals surface area contributed by atoms with Gasteiger partial charge in [0.25, 0.3) is 0 Å². The van der Waals surface area contributed by atoms with Gasteiger partial charge in [-0.1, -0.05) is 287 Å². The first-order valence-electron chi connectivity index (χ1n) is 34.3. The quantitative estimate of drug-likeness (QED) is 0.0195. The summed E-state index contributed by atoms with van der Waals surface area (Å²) in [6.45, 7) is 4.77. The number of carbonyl (C=O) groups is 3. The van der Waals surface area contributed by atoms with Crippen LogP contribution in [0.3, 0.4) is 0 Å². The number of esters is 2. The molecule has 468 valence electrons. The zero-order chi connectivity index (χ0) is 58.3. The Hall–Kier alpha value is -2.75. The molecule has 0 saturated heterocycles. The van der Waals surface area contributed by atoms with Gasteiger partial charge in [0.1, 0.15) is 13.2 Å². The van der Waals surface area contributed by atoms with Gasteiger partial charge in [-0.2, -0.15) is 0 Å². The number of unbranched alkanes of at least 4 members (excludes halogenated alkanes) is 41. The molecule has 0 radical (unpaired) electrons. The number of rotatable bonds is 64. The number of allylic oxidation sites excluding steroid dienone is 8. The van der Waals surface area contributed by atoms with Crippen molar-refractivity contribution in [2.45, 2.75) is 341 Å². The maximum Gasteiger partial charge on any atom is 0.306 e. The molecule has 80 heavy (non-hydrogen) atoms. The first-order chi connectivity index (χ1) is 39.1. The molecular weight excluding hydrogens is 995 g/mol. The van der Waals surface area contributed by atoms with Crippen molar-refractivity contribution in [3.8, 4) is 0 Å². The predicted octanol–water partition coefficient (Wildman–Crippen LogP) is 19.6. The molecule has 0 spiro atoms. The van der Waals surface area contributed by atoms with Gasteiger partial charge in [0, 0.05) is 12.8 Å². The van der Waals surface area contributed by atoms with E-state index in [1.165, 1.54) is 250 Å². The molecular formula is C71H131NO8. The second kappa shape index (κ2) is 62.3. The third-order valence-electron chi connectivity index (χ3n) is 15.3. The van der Waals surface area contributed by atoms with E-state index in [9.17, 15) is 19.5 Å². The molecule has 0 aromatic carbocycles. The molecule has 0 aliphatic rings. The van der Waals surface area contributed by atoms with Crippen LogP contribution in [0.25, 0.3) is 0 Å². The molecule has 0 N–H and O–H groups in total. The Kier molecular flexibility index (Phi) is 60.2. The van der Waals surface area contributed by atoms with Crippen LogP contribution in [0, 0.1) is 0 Å². The van der Waals surface area contributed by atoms with Gasteiger partial charge >= 0.3 is 11.9 Å². The third-order valence-corrected chi connectivity index (χ3v) is 15.3. The maximum atomic E-state index is 12.9. The molecule has 2 atom stereocenters. The summed E-state index contributed by atoms with van der Waals surface area (Å²) >= 11 is 0. The van der Waals surface area contributed by atoms with Crippen molar-refractivity contribution < 1.29 is 42.9 Å². The Bertz CT molecular complexity index is 1450. The van der Waals surface area contributed by atoms with Crippen LogP contribution in [-0.4, -0.2) is 82.3 Å². The number of likely N-dealkylation sites (N-methyl/N-ethyl adjacent to an activating group) is 1. The van der Waals surface area contributed by atoms with Gasteiger partial charge in [-0.05, 0) is 77.0 Å². The second-order valence-electron chi connectivity index (χ2n) is 24.5. The number of carbonyl (C=O) groups excluding carboxylic acids is 3. The molecule has 0 aliphatic carbocycles. The monoisotopic (exact) mass is 1130 g/mol. The number of ether oxygens (including phenoxy) is 4. The van der Waals surface area contributed by atoms with Gasteiger partial charge in [0.2, 0.25) is 0 Å². The largest absolute Gasteiger partial charge is 0.545 e. The average molecular weight is 1130 g/mol. The second-order valence-corrected chi connectivity index (χ2v) is 24.5. The van der Waals surface area contributed by atoms with Crippen LogP contribution in [0.2, 0.25) is 0 Å². The lowest BCUT2D eigenvalue weighted by atomic mass is 10.0. The topological polar surface area (TPSA) is 111 Å². The molecule has 0 aliphatic heterocycles. The first kappa shape index (κ1) is 77.2. The lowest BCUT2D eigenvalue weighted by molar-refractivity contribution is -0.870. The molecule has 0 bridgehead atoms. The van der Waals surface area contributed by atoms with E-state index in [4.69, 9.17) is 18.9 Å². The van der Waals surface area contributed by atoms with Crippen LogP contribution in [0.15, 0.2) is 48.6 Å². The zero-order valence-electron chi connectivity index (χ0n) is 53.5.